The molecule has 0 saturated heterocycles. The van der Waals surface area contributed by atoms with Crippen LogP contribution in [0.5, 0.6) is 0 Å². The molecule has 159 valence electrons. The number of nitrogens with zero attached hydrogens (tertiary/aromatic N) is 3. The summed E-state index contributed by atoms with van der Waals surface area (Å²) in [5.41, 5.74) is 2.82. The number of Topliss-reactive ketones (excluding diaryl/α,β-unsaturated/α-hetero) is 1. The smallest absolute Gasteiger partial charge is 0.267 e. The maximum atomic E-state index is 14.5. The van der Waals surface area contributed by atoms with Crippen molar-refractivity contribution in [2.24, 2.45) is 5.73 Å². The van der Waals surface area contributed by atoms with Gasteiger partial charge in [-0.1, -0.05) is 12.1 Å². The first-order valence-corrected chi connectivity index (χ1v) is 8.57. The van der Waals surface area contributed by atoms with E-state index in [1.807, 2.05) is 0 Å². The number of benzene rings is 1. The molecule has 0 aliphatic heterocycles. The van der Waals surface area contributed by atoms with Gasteiger partial charge in [-0.25, -0.2) is 17.6 Å². The lowest BCUT2D eigenvalue weighted by atomic mass is 10.0. The van der Waals surface area contributed by atoms with Gasteiger partial charge in [0.2, 0.25) is 0 Å². The Morgan fingerprint density at radius 3 is 2.13 bits per heavy atom. The van der Waals surface area contributed by atoms with Gasteiger partial charge in [0.1, 0.15) is 17.1 Å². The molecule has 3 aromatic rings. The summed E-state index contributed by atoms with van der Waals surface area (Å²) in [4.78, 5) is 30.9. The second-order valence-electron chi connectivity index (χ2n) is 6.15. The van der Waals surface area contributed by atoms with E-state index in [0.717, 1.165) is 0 Å². The van der Waals surface area contributed by atoms with E-state index in [0.29, 0.717) is 0 Å². The minimum atomic E-state index is -1.71. The van der Waals surface area contributed by atoms with Crippen molar-refractivity contribution in [3.8, 4) is 0 Å². The highest BCUT2D eigenvalue weighted by molar-refractivity contribution is 5.97. The first-order chi connectivity index (χ1) is 14.3. The van der Waals surface area contributed by atoms with Crippen LogP contribution in [0.4, 0.5) is 23.2 Å². The molecular weight excluding hydrogens is 418 g/mol. The molecule has 2 aromatic heterocycles. The second kappa shape index (κ2) is 9.76. The number of primary amides is 1. The minimum absolute atomic E-state index is 0. The van der Waals surface area contributed by atoms with E-state index in [2.05, 4.69) is 15.3 Å². The zero-order chi connectivity index (χ0) is 21.8. The van der Waals surface area contributed by atoms with E-state index < -0.39 is 59.2 Å². The molecule has 7 nitrogen and oxygen atoms in total. The van der Waals surface area contributed by atoms with Gasteiger partial charge in [-0.3, -0.25) is 19.6 Å². The first kappa shape index (κ1) is 23.4. The Morgan fingerprint density at radius 1 is 0.903 bits per heavy atom. The van der Waals surface area contributed by atoms with Gasteiger partial charge in [0, 0.05) is 30.5 Å². The highest BCUT2D eigenvalue weighted by Crippen LogP contribution is 2.30. The van der Waals surface area contributed by atoms with Gasteiger partial charge in [-0.05, 0) is 23.8 Å². The summed E-state index contributed by atoms with van der Waals surface area (Å²) in [6.45, 7) is -0.641. The molecule has 1 amide bonds. The van der Waals surface area contributed by atoms with Crippen LogP contribution in [0.15, 0.2) is 42.7 Å². The largest absolute Gasteiger partial charge is 0.373 e. The van der Waals surface area contributed by atoms with Crippen LogP contribution in [-0.4, -0.2) is 28.2 Å². The lowest BCUT2D eigenvalue weighted by molar-refractivity contribution is 0.0989. The average Bonchev–Trinajstić information content (AvgIpc) is 2.76. The number of aromatic nitrogens is 2. The molecule has 2 heterocycles. The van der Waals surface area contributed by atoms with Crippen LogP contribution in [0.25, 0.3) is 0 Å². The third-order valence-electron chi connectivity index (χ3n) is 4.22. The Balaban J connectivity index is 0.00000341. The van der Waals surface area contributed by atoms with Gasteiger partial charge in [-0.15, -0.1) is 0 Å². The number of hydrogen-bond acceptors (Lipinski definition) is 5. The van der Waals surface area contributed by atoms with Crippen molar-refractivity contribution in [1.29, 1.82) is 0 Å². The molecule has 31 heavy (non-hydrogen) atoms. The molecule has 0 aliphatic carbocycles. The molecule has 11 heteroatoms. The van der Waals surface area contributed by atoms with Crippen LogP contribution in [0.2, 0.25) is 0 Å². The monoisotopic (exact) mass is 432 g/mol. The van der Waals surface area contributed by atoms with Crippen molar-refractivity contribution in [3.63, 3.8) is 0 Å². The number of hydrogen-bond donors (Lipinski definition) is 2. The fourth-order valence-electron chi connectivity index (χ4n) is 2.77. The summed E-state index contributed by atoms with van der Waals surface area (Å²) >= 11 is 0. The zero-order valence-corrected chi connectivity index (χ0v) is 15.7. The van der Waals surface area contributed by atoms with Gasteiger partial charge in [0.15, 0.2) is 29.1 Å². The van der Waals surface area contributed by atoms with Crippen LogP contribution in [0.1, 0.15) is 32.1 Å². The van der Waals surface area contributed by atoms with E-state index in [1.54, 1.807) is 6.07 Å². The van der Waals surface area contributed by atoms with Gasteiger partial charge in [0.25, 0.3) is 5.91 Å². The topological polar surface area (TPSA) is 128 Å². The molecule has 3 rings (SSSR count). The first-order valence-electron chi connectivity index (χ1n) is 8.57. The average molecular weight is 432 g/mol. The fraction of sp³-hybridized carbons (Fsp3) is 0.100. The van der Waals surface area contributed by atoms with Crippen LogP contribution in [0, 0.1) is 23.3 Å². The highest BCUT2D eigenvalue weighted by Gasteiger charge is 2.27. The normalized spacial score (nSPS) is 10.3. The molecule has 0 unspecified atom stereocenters. The quantitative estimate of drug-likeness (QED) is 0.337. The standard InChI is InChI=1S/C20H14F4N4O2.N/c21-14-11(8-10-4-3-7-27-18(10)20(25)30)15(22)17(24)19(16(14)23)28-9-13(29)12-5-1-2-6-26-12;/h1-7,28H,8-9H2,(H2,25,30);. The molecule has 0 bridgehead atoms. The number of nitrogens with one attached hydrogen (secondary N) is 1. The molecule has 0 fully saturated rings. The molecule has 0 saturated carbocycles. The third kappa shape index (κ3) is 4.83. The van der Waals surface area contributed by atoms with Gasteiger partial charge < -0.3 is 11.1 Å². The van der Waals surface area contributed by atoms with E-state index in [9.17, 15) is 27.2 Å². The van der Waals surface area contributed by atoms with Crippen molar-refractivity contribution in [1.82, 2.24) is 16.1 Å². The van der Waals surface area contributed by atoms with Crippen molar-refractivity contribution in [3.05, 3.63) is 88.5 Å². The predicted molar refractivity (Wildman–Crippen MR) is 101 cm³/mol. The molecule has 0 aliphatic rings. The van der Waals surface area contributed by atoms with E-state index in [-0.39, 0.29) is 23.1 Å². The SMILES string of the molecule is NC(=O)c1ncccc1Cc1c(F)c(F)c(NCC(=O)c2ccccn2)c(F)c1F.[N]. The van der Waals surface area contributed by atoms with E-state index >= 15 is 0 Å². The van der Waals surface area contributed by atoms with Crippen molar-refractivity contribution < 1.29 is 27.2 Å². The van der Waals surface area contributed by atoms with Crippen molar-refractivity contribution in [2.75, 3.05) is 11.9 Å². The second-order valence-corrected chi connectivity index (χ2v) is 6.15. The lowest BCUT2D eigenvalue weighted by Crippen LogP contribution is -2.19. The highest BCUT2D eigenvalue weighted by atomic mass is 19.2. The molecule has 1 aromatic carbocycles. The summed E-state index contributed by atoms with van der Waals surface area (Å²) < 4.78 is 57.9. The van der Waals surface area contributed by atoms with Crippen LogP contribution in [0.3, 0.4) is 0 Å². The molecule has 3 radical (unpaired) electrons. The van der Waals surface area contributed by atoms with Crippen LogP contribution in [-0.2, 0) is 6.42 Å². The Morgan fingerprint density at radius 2 is 1.55 bits per heavy atom. The minimum Gasteiger partial charge on any atom is -0.373 e. The number of ketones is 1. The number of rotatable bonds is 7. The Labute approximate surface area is 173 Å². The summed E-state index contributed by atoms with van der Waals surface area (Å²) in [6.07, 6.45) is 1.93. The van der Waals surface area contributed by atoms with Crippen molar-refractivity contribution in [2.45, 2.75) is 6.42 Å². The third-order valence-corrected chi connectivity index (χ3v) is 4.22. The number of halogens is 4. The molecule has 0 spiro atoms. The summed E-state index contributed by atoms with van der Waals surface area (Å²) in [6, 6.07) is 7.17. The fourth-order valence-corrected chi connectivity index (χ4v) is 2.77. The number of amides is 1. The number of pyridine rings is 2. The van der Waals surface area contributed by atoms with Crippen molar-refractivity contribution >= 4 is 17.4 Å². The maximum absolute atomic E-state index is 14.5. The maximum Gasteiger partial charge on any atom is 0.267 e. The van der Waals surface area contributed by atoms with Gasteiger partial charge in [0.05, 0.1) is 6.54 Å². The Bertz CT molecular complexity index is 1100. The summed E-state index contributed by atoms with van der Waals surface area (Å²) in [5.74, 6) is -8.34. The number of carbonyl (C=O) groups is 2. The number of carbonyl (C=O) groups excluding carboxylic acids is 2. The number of nitrogens with two attached hydrogens (primary N) is 1. The van der Waals surface area contributed by atoms with E-state index in [4.69, 9.17) is 5.73 Å². The number of anilines is 1. The molecular formula is C20H14F4N5O2. The van der Waals surface area contributed by atoms with Gasteiger partial charge in [-0.2, -0.15) is 0 Å². The van der Waals surface area contributed by atoms with Crippen LogP contribution >= 0.6 is 0 Å². The lowest BCUT2D eigenvalue weighted by Gasteiger charge is -2.14. The summed E-state index contributed by atoms with van der Waals surface area (Å²) in [7, 11) is 0. The Hall–Kier alpha value is -3.86. The Kier molecular flexibility index (Phi) is 7.37. The van der Waals surface area contributed by atoms with Gasteiger partial charge >= 0.3 is 0 Å². The predicted octanol–water partition coefficient (Wildman–Crippen LogP) is 2.54. The molecule has 3 N–H and O–H groups in total. The molecule has 0 atom stereocenters. The van der Waals surface area contributed by atoms with Crippen LogP contribution < -0.4 is 17.2 Å². The zero-order valence-electron chi connectivity index (χ0n) is 15.7. The van der Waals surface area contributed by atoms with E-state index in [1.165, 1.54) is 36.7 Å². The summed E-state index contributed by atoms with van der Waals surface area (Å²) in [5, 5.41) is 2.08.